The van der Waals surface area contributed by atoms with Crippen molar-refractivity contribution in [2.24, 2.45) is 5.92 Å². The first-order chi connectivity index (χ1) is 15.1. The van der Waals surface area contributed by atoms with Crippen LogP contribution < -0.4 is 10.6 Å². The van der Waals surface area contributed by atoms with E-state index < -0.39 is 0 Å². The number of nitrogens with zero attached hydrogens (tertiary/aromatic N) is 2. The number of hydrogen-bond acceptors (Lipinski definition) is 5. The van der Waals surface area contributed by atoms with Crippen molar-refractivity contribution in [2.45, 2.75) is 39.2 Å². The molecule has 1 aromatic heterocycles. The quantitative estimate of drug-likeness (QED) is 0.553. The number of rotatable bonds is 7. The van der Waals surface area contributed by atoms with Gasteiger partial charge in [0.2, 0.25) is 11.8 Å². The third kappa shape index (κ3) is 5.68. The molecule has 6 nitrogen and oxygen atoms in total. The van der Waals surface area contributed by atoms with Gasteiger partial charge in [-0.15, -0.1) is 0 Å². The summed E-state index contributed by atoms with van der Waals surface area (Å²) in [7, 11) is 0. The average Bonchev–Trinajstić information content (AvgIpc) is 3.16. The summed E-state index contributed by atoms with van der Waals surface area (Å²) in [5.41, 5.74) is 2.91. The molecule has 162 valence electrons. The number of amides is 2. The second-order valence-electron chi connectivity index (χ2n) is 8.02. The normalized spacial score (nSPS) is 15.1. The molecular formula is C24H28N4O2S. The Hall–Kier alpha value is -2.77. The van der Waals surface area contributed by atoms with Crippen LogP contribution in [0, 0.1) is 5.92 Å². The summed E-state index contributed by atoms with van der Waals surface area (Å²) >= 11 is 1.43. The molecule has 2 aromatic carbocycles. The third-order valence-electron chi connectivity index (χ3n) is 5.59. The lowest BCUT2D eigenvalue weighted by Gasteiger charge is -2.31. The smallest absolute Gasteiger partial charge is 0.227 e. The maximum absolute atomic E-state index is 12.8. The van der Waals surface area contributed by atoms with E-state index in [1.807, 2.05) is 31.2 Å². The Kier molecular flexibility index (Phi) is 6.94. The molecule has 0 unspecified atom stereocenters. The molecular weight excluding hydrogens is 408 g/mol. The Labute approximate surface area is 186 Å². The fourth-order valence-electron chi connectivity index (χ4n) is 3.90. The maximum Gasteiger partial charge on any atom is 0.227 e. The van der Waals surface area contributed by atoms with Crippen molar-refractivity contribution in [1.29, 1.82) is 0 Å². The van der Waals surface area contributed by atoms with E-state index in [0.29, 0.717) is 11.6 Å². The number of carbonyl (C=O) groups excluding carboxylic acids is 2. The second kappa shape index (κ2) is 10.0. The number of nitrogens with one attached hydrogen (secondary N) is 2. The first-order valence-corrected chi connectivity index (χ1v) is 11.7. The van der Waals surface area contributed by atoms with Gasteiger partial charge in [0.15, 0.2) is 5.13 Å². The number of aromatic nitrogens is 1. The third-order valence-corrected chi connectivity index (χ3v) is 6.52. The molecule has 1 aliphatic heterocycles. The topological polar surface area (TPSA) is 74.3 Å². The monoisotopic (exact) mass is 436 g/mol. The molecule has 0 radical (unpaired) electrons. The number of piperidine rings is 1. The summed E-state index contributed by atoms with van der Waals surface area (Å²) in [4.78, 5) is 31.5. The lowest BCUT2D eigenvalue weighted by atomic mass is 9.95. The first kappa shape index (κ1) is 21.5. The highest BCUT2D eigenvalue weighted by molar-refractivity contribution is 7.22. The lowest BCUT2D eigenvalue weighted by molar-refractivity contribution is -0.121. The van der Waals surface area contributed by atoms with E-state index in [4.69, 9.17) is 0 Å². The number of carbonyl (C=O) groups is 2. The molecule has 2 heterocycles. The van der Waals surface area contributed by atoms with Crippen LogP contribution in [0.25, 0.3) is 10.2 Å². The summed E-state index contributed by atoms with van der Waals surface area (Å²) in [5.74, 6) is 0.0986. The minimum Gasteiger partial charge on any atom is -0.326 e. The molecule has 7 heteroatoms. The molecule has 3 aromatic rings. The van der Waals surface area contributed by atoms with Crippen molar-refractivity contribution in [3.63, 3.8) is 0 Å². The molecule has 0 atom stereocenters. The predicted molar refractivity (Wildman–Crippen MR) is 126 cm³/mol. The van der Waals surface area contributed by atoms with Crippen LogP contribution in [0.2, 0.25) is 0 Å². The molecule has 2 amide bonds. The average molecular weight is 437 g/mol. The van der Waals surface area contributed by atoms with Crippen LogP contribution in [-0.2, 0) is 16.1 Å². The van der Waals surface area contributed by atoms with E-state index in [9.17, 15) is 9.59 Å². The molecule has 1 fully saturated rings. The summed E-state index contributed by atoms with van der Waals surface area (Å²) in [6.45, 7) is 4.78. The number of anilines is 2. The van der Waals surface area contributed by atoms with Crippen molar-refractivity contribution in [3.05, 3.63) is 54.1 Å². The van der Waals surface area contributed by atoms with Gasteiger partial charge in [-0.05, 0) is 56.1 Å². The van der Waals surface area contributed by atoms with Crippen LogP contribution in [-0.4, -0.2) is 34.8 Å². The van der Waals surface area contributed by atoms with E-state index in [0.717, 1.165) is 54.8 Å². The standard InChI is InChI=1S/C24H28N4O2S/c1-2-6-22(29)27-24-26-20-10-9-19(15-21(20)31-24)25-23(30)18-11-13-28(14-12-18)16-17-7-4-3-5-8-17/h3-5,7-10,15,18H,2,6,11-14,16H2,1H3,(H,25,30)(H,26,27,29). The van der Waals surface area contributed by atoms with Gasteiger partial charge >= 0.3 is 0 Å². The molecule has 1 saturated heterocycles. The Bertz CT molecular complexity index is 1040. The molecule has 0 bridgehead atoms. The number of benzene rings is 2. The molecule has 4 rings (SSSR count). The van der Waals surface area contributed by atoms with Gasteiger partial charge in [0, 0.05) is 24.6 Å². The van der Waals surface area contributed by atoms with E-state index in [1.54, 1.807) is 0 Å². The number of fused-ring (bicyclic) bond motifs is 1. The highest BCUT2D eigenvalue weighted by Crippen LogP contribution is 2.29. The Morgan fingerprint density at radius 3 is 2.61 bits per heavy atom. The summed E-state index contributed by atoms with van der Waals surface area (Å²) in [6, 6.07) is 16.2. The van der Waals surface area contributed by atoms with Gasteiger partial charge in [0.25, 0.3) is 0 Å². The maximum atomic E-state index is 12.8. The zero-order chi connectivity index (χ0) is 21.6. The van der Waals surface area contributed by atoms with Crippen LogP contribution in [0.15, 0.2) is 48.5 Å². The van der Waals surface area contributed by atoms with E-state index in [-0.39, 0.29) is 17.7 Å². The second-order valence-corrected chi connectivity index (χ2v) is 9.06. The predicted octanol–water partition coefficient (Wildman–Crippen LogP) is 4.89. The summed E-state index contributed by atoms with van der Waals surface area (Å²) in [5, 5.41) is 6.51. The molecule has 2 N–H and O–H groups in total. The van der Waals surface area contributed by atoms with E-state index in [2.05, 4.69) is 44.8 Å². The van der Waals surface area contributed by atoms with Crippen molar-refractivity contribution in [1.82, 2.24) is 9.88 Å². The van der Waals surface area contributed by atoms with E-state index >= 15 is 0 Å². The van der Waals surface area contributed by atoms with Gasteiger partial charge in [0.1, 0.15) is 0 Å². The highest BCUT2D eigenvalue weighted by atomic mass is 32.1. The van der Waals surface area contributed by atoms with Crippen LogP contribution in [0.3, 0.4) is 0 Å². The summed E-state index contributed by atoms with van der Waals surface area (Å²) < 4.78 is 0.947. The number of hydrogen-bond donors (Lipinski definition) is 2. The van der Waals surface area contributed by atoms with Crippen molar-refractivity contribution < 1.29 is 9.59 Å². The first-order valence-electron chi connectivity index (χ1n) is 10.9. The zero-order valence-corrected chi connectivity index (χ0v) is 18.6. The Morgan fingerprint density at radius 1 is 1.10 bits per heavy atom. The SMILES string of the molecule is CCCC(=O)Nc1nc2ccc(NC(=O)C3CCN(Cc4ccccc4)CC3)cc2s1. The lowest BCUT2D eigenvalue weighted by Crippen LogP contribution is -2.37. The van der Waals surface area contributed by atoms with Gasteiger partial charge in [-0.1, -0.05) is 48.6 Å². The fourth-order valence-corrected chi connectivity index (χ4v) is 4.83. The minimum absolute atomic E-state index is 0.0197. The zero-order valence-electron chi connectivity index (χ0n) is 17.8. The minimum atomic E-state index is -0.0197. The molecule has 1 aliphatic rings. The van der Waals surface area contributed by atoms with Gasteiger partial charge in [-0.25, -0.2) is 4.98 Å². The van der Waals surface area contributed by atoms with Gasteiger partial charge in [0.05, 0.1) is 10.2 Å². The van der Waals surface area contributed by atoms with Crippen LogP contribution in [0.5, 0.6) is 0 Å². The van der Waals surface area contributed by atoms with Crippen LogP contribution in [0.1, 0.15) is 38.2 Å². The van der Waals surface area contributed by atoms with E-state index in [1.165, 1.54) is 16.9 Å². The molecule has 0 aliphatic carbocycles. The van der Waals surface area contributed by atoms with Gasteiger partial charge < -0.3 is 10.6 Å². The molecule has 0 spiro atoms. The fraction of sp³-hybridized carbons (Fsp3) is 0.375. The highest BCUT2D eigenvalue weighted by Gasteiger charge is 2.25. The Balaban J connectivity index is 1.31. The molecule has 31 heavy (non-hydrogen) atoms. The number of thiazole rings is 1. The number of likely N-dealkylation sites (tertiary alicyclic amines) is 1. The summed E-state index contributed by atoms with van der Waals surface area (Å²) in [6.07, 6.45) is 3.03. The van der Waals surface area contributed by atoms with Gasteiger partial charge in [-0.2, -0.15) is 0 Å². The van der Waals surface area contributed by atoms with Crippen molar-refractivity contribution in [2.75, 3.05) is 23.7 Å². The van der Waals surface area contributed by atoms with Crippen molar-refractivity contribution in [3.8, 4) is 0 Å². The van der Waals surface area contributed by atoms with Crippen LogP contribution in [0.4, 0.5) is 10.8 Å². The largest absolute Gasteiger partial charge is 0.326 e. The molecule has 0 saturated carbocycles. The van der Waals surface area contributed by atoms with Crippen LogP contribution >= 0.6 is 11.3 Å². The Morgan fingerprint density at radius 2 is 1.87 bits per heavy atom. The van der Waals surface area contributed by atoms with Gasteiger partial charge in [-0.3, -0.25) is 14.5 Å². The van der Waals surface area contributed by atoms with Crippen molar-refractivity contribution >= 4 is 44.2 Å².